The van der Waals surface area contributed by atoms with Gasteiger partial charge in [0, 0.05) is 17.9 Å². The molecule has 1 amide bonds. The van der Waals surface area contributed by atoms with Gasteiger partial charge in [-0.15, -0.1) is 0 Å². The van der Waals surface area contributed by atoms with Crippen molar-refractivity contribution in [2.24, 2.45) is 0 Å². The van der Waals surface area contributed by atoms with Gasteiger partial charge < -0.3 is 10.4 Å². The van der Waals surface area contributed by atoms with Crippen LogP contribution in [0.5, 0.6) is 0 Å². The molecule has 0 unspecified atom stereocenters. The van der Waals surface area contributed by atoms with Crippen LogP contribution in [0, 0.1) is 6.92 Å². The van der Waals surface area contributed by atoms with Crippen LogP contribution in [0.4, 0.5) is 8.78 Å². The number of alkyl halides is 2. The van der Waals surface area contributed by atoms with Gasteiger partial charge >= 0.3 is 0 Å². The summed E-state index contributed by atoms with van der Waals surface area (Å²) in [6.45, 7) is 1.86. The van der Waals surface area contributed by atoms with Crippen molar-refractivity contribution >= 4 is 23.1 Å². The molecular formula is C22H20ClF2NO2. The topological polar surface area (TPSA) is 49.3 Å². The molecule has 2 N–H and O–H groups in total. The van der Waals surface area contributed by atoms with Crippen LogP contribution in [0.1, 0.15) is 36.8 Å². The average Bonchev–Trinajstić information content (AvgIpc) is 2.90. The number of hydrogen-bond acceptors (Lipinski definition) is 2. The normalized spacial score (nSPS) is 20.5. The minimum absolute atomic E-state index is 0.0248. The maximum atomic E-state index is 13.6. The number of rotatable bonds is 2. The predicted octanol–water partition coefficient (Wildman–Crippen LogP) is 5.66. The maximum Gasteiger partial charge on any atom is 0.256 e. The molecule has 1 saturated carbocycles. The summed E-state index contributed by atoms with van der Waals surface area (Å²) in [5, 5.41) is 14.3. The van der Waals surface area contributed by atoms with E-state index in [1.165, 1.54) is 0 Å². The minimum Gasteiger partial charge on any atom is -0.509 e. The van der Waals surface area contributed by atoms with Gasteiger partial charge in [0.2, 0.25) is 5.92 Å². The summed E-state index contributed by atoms with van der Waals surface area (Å²) >= 11 is 5.95. The van der Waals surface area contributed by atoms with Crippen molar-refractivity contribution in [3.05, 3.63) is 64.4 Å². The quantitative estimate of drug-likeness (QED) is 0.679. The first-order valence-corrected chi connectivity index (χ1v) is 9.60. The first kappa shape index (κ1) is 18.9. The van der Waals surface area contributed by atoms with E-state index >= 15 is 0 Å². The molecule has 2 aromatic carbocycles. The number of hydrogen-bond donors (Lipinski definition) is 2. The Kier molecular flexibility index (Phi) is 4.46. The highest BCUT2D eigenvalue weighted by molar-refractivity contribution is 6.30. The van der Waals surface area contributed by atoms with E-state index in [0.29, 0.717) is 10.6 Å². The van der Waals surface area contributed by atoms with Gasteiger partial charge in [-0.05, 0) is 60.2 Å². The van der Waals surface area contributed by atoms with Crippen molar-refractivity contribution in [3.63, 3.8) is 0 Å². The number of benzene rings is 2. The smallest absolute Gasteiger partial charge is 0.256 e. The summed E-state index contributed by atoms with van der Waals surface area (Å²) in [6.07, 6.45) is -0.656. The molecule has 2 aromatic rings. The summed E-state index contributed by atoms with van der Waals surface area (Å²) in [5.74, 6) is -3.29. The van der Waals surface area contributed by atoms with Crippen molar-refractivity contribution < 1.29 is 18.7 Å². The molecule has 1 fully saturated rings. The SMILES string of the molecule is Cc1ccc(-c2ccc(Cl)cc2)cc1C1=C(O)C2(CCC(F)(F)CC2)NC1=O. The van der Waals surface area contributed by atoms with E-state index in [1.54, 1.807) is 12.1 Å². The summed E-state index contributed by atoms with van der Waals surface area (Å²) in [4.78, 5) is 12.7. The van der Waals surface area contributed by atoms with Gasteiger partial charge in [0.15, 0.2) is 0 Å². The third-order valence-electron chi connectivity index (χ3n) is 5.79. The molecule has 0 aromatic heterocycles. The number of aryl methyl sites for hydroxylation is 1. The number of carbonyl (C=O) groups excluding carboxylic acids is 1. The Morgan fingerprint density at radius 1 is 1.00 bits per heavy atom. The van der Waals surface area contributed by atoms with E-state index in [2.05, 4.69) is 5.32 Å². The lowest BCUT2D eigenvalue weighted by Crippen LogP contribution is -2.49. The third-order valence-corrected chi connectivity index (χ3v) is 6.04. The number of amides is 1. The molecule has 0 saturated heterocycles. The van der Waals surface area contributed by atoms with E-state index in [4.69, 9.17) is 11.6 Å². The molecular weight excluding hydrogens is 384 g/mol. The van der Waals surface area contributed by atoms with Gasteiger partial charge in [-0.3, -0.25) is 4.79 Å². The Hall–Kier alpha value is -2.40. The lowest BCUT2D eigenvalue weighted by Gasteiger charge is -2.36. The largest absolute Gasteiger partial charge is 0.509 e. The first-order valence-electron chi connectivity index (χ1n) is 9.22. The summed E-state index contributed by atoms with van der Waals surface area (Å²) in [7, 11) is 0. The molecule has 146 valence electrons. The molecule has 0 atom stereocenters. The zero-order valence-corrected chi connectivity index (χ0v) is 16.1. The molecule has 2 aliphatic rings. The molecule has 1 spiro atoms. The van der Waals surface area contributed by atoms with Crippen molar-refractivity contribution in [2.45, 2.75) is 44.1 Å². The Bertz CT molecular complexity index is 973. The monoisotopic (exact) mass is 403 g/mol. The molecule has 6 heteroatoms. The summed E-state index contributed by atoms with van der Waals surface area (Å²) in [5.41, 5.74) is 2.33. The van der Waals surface area contributed by atoms with E-state index < -0.39 is 17.4 Å². The second-order valence-electron chi connectivity index (χ2n) is 7.65. The van der Waals surface area contributed by atoms with E-state index in [1.807, 2.05) is 37.3 Å². The fraction of sp³-hybridized carbons (Fsp3) is 0.318. The van der Waals surface area contributed by atoms with Crippen LogP contribution in [0.3, 0.4) is 0 Å². The van der Waals surface area contributed by atoms with E-state index in [9.17, 15) is 18.7 Å². The van der Waals surface area contributed by atoms with Crippen molar-refractivity contribution in [1.29, 1.82) is 0 Å². The molecule has 0 radical (unpaired) electrons. The second-order valence-corrected chi connectivity index (χ2v) is 8.09. The van der Waals surface area contributed by atoms with E-state index in [-0.39, 0.29) is 37.0 Å². The molecule has 3 nitrogen and oxygen atoms in total. The van der Waals surface area contributed by atoms with Crippen LogP contribution in [-0.4, -0.2) is 22.5 Å². The minimum atomic E-state index is -2.75. The maximum absolute atomic E-state index is 13.6. The van der Waals surface area contributed by atoms with Crippen LogP contribution in [0.15, 0.2) is 48.2 Å². The zero-order valence-electron chi connectivity index (χ0n) is 15.4. The van der Waals surface area contributed by atoms with Gasteiger partial charge in [-0.1, -0.05) is 35.9 Å². The van der Waals surface area contributed by atoms with Crippen molar-refractivity contribution in [1.82, 2.24) is 5.32 Å². The highest BCUT2D eigenvalue weighted by atomic mass is 35.5. The summed E-state index contributed by atoms with van der Waals surface area (Å²) < 4.78 is 27.2. The highest BCUT2D eigenvalue weighted by Crippen LogP contribution is 2.46. The van der Waals surface area contributed by atoms with Gasteiger partial charge in [0.1, 0.15) is 5.76 Å². The molecule has 1 heterocycles. The Morgan fingerprint density at radius 3 is 2.25 bits per heavy atom. The van der Waals surface area contributed by atoms with Crippen LogP contribution in [0.2, 0.25) is 5.02 Å². The zero-order chi connectivity index (χ0) is 20.1. The lowest BCUT2D eigenvalue weighted by molar-refractivity contribution is -0.117. The Labute approximate surface area is 167 Å². The van der Waals surface area contributed by atoms with Gasteiger partial charge in [0.05, 0.1) is 11.1 Å². The Balaban J connectivity index is 1.76. The molecule has 1 aliphatic heterocycles. The third kappa shape index (κ3) is 3.18. The number of carbonyl (C=O) groups is 1. The van der Waals surface area contributed by atoms with Crippen LogP contribution < -0.4 is 5.32 Å². The van der Waals surface area contributed by atoms with Crippen molar-refractivity contribution in [3.8, 4) is 11.1 Å². The summed E-state index contributed by atoms with van der Waals surface area (Å²) in [6, 6.07) is 13.0. The number of nitrogens with one attached hydrogen (secondary N) is 1. The van der Waals surface area contributed by atoms with Crippen LogP contribution in [0.25, 0.3) is 16.7 Å². The van der Waals surface area contributed by atoms with Gasteiger partial charge in [-0.2, -0.15) is 0 Å². The molecule has 4 rings (SSSR count). The first-order chi connectivity index (χ1) is 13.2. The van der Waals surface area contributed by atoms with Crippen LogP contribution in [-0.2, 0) is 4.79 Å². The molecule has 0 bridgehead atoms. The molecule has 28 heavy (non-hydrogen) atoms. The van der Waals surface area contributed by atoms with Gasteiger partial charge in [-0.25, -0.2) is 8.78 Å². The number of aliphatic hydroxyl groups excluding tert-OH is 1. The Morgan fingerprint density at radius 2 is 1.61 bits per heavy atom. The molecule has 1 aliphatic carbocycles. The number of aliphatic hydroxyl groups is 1. The fourth-order valence-electron chi connectivity index (χ4n) is 4.05. The standard InChI is InChI=1S/C22H20ClF2NO2/c1-13-2-3-15(14-4-6-16(23)7-5-14)12-17(13)18-19(27)21(26-20(18)28)8-10-22(24,25)11-9-21/h2-7,12,27H,8-11H2,1H3,(H,26,28). The highest BCUT2D eigenvalue weighted by Gasteiger charge is 2.51. The van der Waals surface area contributed by atoms with E-state index in [0.717, 1.165) is 16.7 Å². The average molecular weight is 404 g/mol. The van der Waals surface area contributed by atoms with Crippen LogP contribution >= 0.6 is 11.6 Å². The fourth-order valence-corrected chi connectivity index (χ4v) is 4.18. The predicted molar refractivity (Wildman–Crippen MR) is 105 cm³/mol. The second kappa shape index (κ2) is 6.59. The lowest BCUT2D eigenvalue weighted by atomic mass is 9.78. The van der Waals surface area contributed by atoms with Crippen molar-refractivity contribution in [2.75, 3.05) is 0 Å². The van der Waals surface area contributed by atoms with Gasteiger partial charge in [0.25, 0.3) is 5.91 Å². The number of halogens is 3.